The maximum Gasteiger partial charge on any atom is 0.202 e. The number of ketones is 1. The number of ether oxygens (including phenoxy) is 1. The van der Waals surface area contributed by atoms with Gasteiger partial charge in [-0.15, -0.1) is 0 Å². The summed E-state index contributed by atoms with van der Waals surface area (Å²) in [5.41, 5.74) is 0. The van der Waals surface area contributed by atoms with E-state index in [1.165, 1.54) is 6.42 Å². The molecule has 1 rings (SSSR count). The first kappa shape index (κ1) is 20.5. The molecule has 0 aromatic carbocycles. The first-order valence-corrected chi connectivity index (χ1v) is 8.42. The summed E-state index contributed by atoms with van der Waals surface area (Å²) in [6.45, 7) is 1.49. The number of carbonyl (C=O) groups is 1. The van der Waals surface area contributed by atoms with Crippen LogP contribution in [0.4, 0.5) is 0 Å². The number of Topliss-reactive ketones (excluding diaryl/α,β-unsaturated/α-hetero) is 1. The molecule has 0 unspecified atom stereocenters. The SMILES string of the molecule is CCCCCCCCC(=O)C[C@@]1(O)O[C@H](CO)[C@H](O)[C@H](O)[C@H]1O. The van der Waals surface area contributed by atoms with Crippen LogP contribution in [-0.4, -0.2) is 68.1 Å². The molecule has 0 bridgehead atoms. The van der Waals surface area contributed by atoms with Gasteiger partial charge < -0.3 is 30.3 Å². The molecule has 0 spiro atoms. The highest BCUT2D eigenvalue weighted by Gasteiger charge is 2.53. The molecule has 7 nitrogen and oxygen atoms in total. The third-order valence-electron chi connectivity index (χ3n) is 4.31. The lowest BCUT2D eigenvalue weighted by atomic mass is 9.89. The molecule has 1 saturated heterocycles. The maximum atomic E-state index is 12.0. The second-order valence-electron chi connectivity index (χ2n) is 6.34. The van der Waals surface area contributed by atoms with E-state index in [0.717, 1.165) is 25.7 Å². The van der Waals surface area contributed by atoms with Crippen LogP contribution in [0.25, 0.3) is 0 Å². The Morgan fingerprint density at radius 2 is 1.65 bits per heavy atom. The van der Waals surface area contributed by atoms with Crippen molar-refractivity contribution >= 4 is 5.78 Å². The highest BCUT2D eigenvalue weighted by Crippen LogP contribution is 2.31. The normalized spacial score (nSPS) is 34.5. The summed E-state index contributed by atoms with van der Waals surface area (Å²) < 4.78 is 5.07. The van der Waals surface area contributed by atoms with Gasteiger partial charge in [-0.25, -0.2) is 0 Å². The molecule has 0 saturated carbocycles. The number of hydrogen-bond acceptors (Lipinski definition) is 7. The lowest BCUT2D eigenvalue weighted by Crippen LogP contribution is -2.65. The van der Waals surface area contributed by atoms with Gasteiger partial charge in [0, 0.05) is 6.42 Å². The molecule has 0 aromatic rings. The molecule has 1 aliphatic heterocycles. The summed E-state index contributed by atoms with van der Waals surface area (Å²) in [4.78, 5) is 12.0. The Hall–Kier alpha value is -0.570. The average molecular weight is 334 g/mol. The van der Waals surface area contributed by atoms with Gasteiger partial charge in [-0.05, 0) is 6.42 Å². The van der Waals surface area contributed by atoms with Crippen molar-refractivity contribution in [1.29, 1.82) is 0 Å². The predicted molar refractivity (Wildman–Crippen MR) is 82.5 cm³/mol. The van der Waals surface area contributed by atoms with Crippen LogP contribution >= 0.6 is 0 Å². The molecule has 0 aliphatic carbocycles. The molecule has 1 fully saturated rings. The zero-order valence-electron chi connectivity index (χ0n) is 13.7. The fourth-order valence-corrected chi connectivity index (χ4v) is 2.84. The second kappa shape index (κ2) is 9.66. The number of carbonyl (C=O) groups excluding carboxylic acids is 1. The van der Waals surface area contributed by atoms with Crippen LogP contribution in [0.1, 0.15) is 58.3 Å². The molecule has 1 heterocycles. The molecular formula is C16H30O7. The van der Waals surface area contributed by atoms with E-state index in [1.807, 2.05) is 0 Å². The van der Waals surface area contributed by atoms with Gasteiger partial charge in [0.2, 0.25) is 5.79 Å². The lowest BCUT2D eigenvalue weighted by molar-refractivity contribution is -0.347. The molecular weight excluding hydrogens is 304 g/mol. The second-order valence-corrected chi connectivity index (χ2v) is 6.34. The number of unbranched alkanes of at least 4 members (excludes halogenated alkanes) is 5. The third kappa shape index (κ3) is 5.77. The van der Waals surface area contributed by atoms with E-state index in [2.05, 4.69) is 6.92 Å². The van der Waals surface area contributed by atoms with Gasteiger partial charge in [-0.1, -0.05) is 39.0 Å². The quantitative estimate of drug-likeness (QED) is 0.352. The van der Waals surface area contributed by atoms with E-state index in [0.29, 0.717) is 6.42 Å². The summed E-state index contributed by atoms with van der Waals surface area (Å²) in [7, 11) is 0. The summed E-state index contributed by atoms with van der Waals surface area (Å²) in [5.74, 6) is -2.58. The minimum Gasteiger partial charge on any atom is -0.394 e. The molecule has 0 radical (unpaired) electrons. The Morgan fingerprint density at radius 3 is 2.26 bits per heavy atom. The Bertz CT molecular complexity index is 360. The largest absolute Gasteiger partial charge is 0.394 e. The molecule has 5 N–H and O–H groups in total. The van der Waals surface area contributed by atoms with Gasteiger partial charge in [0.15, 0.2) is 0 Å². The van der Waals surface area contributed by atoms with E-state index in [4.69, 9.17) is 9.84 Å². The third-order valence-corrected chi connectivity index (χ3v) is 4.31. The van der Waals surface area contributed by atoms with Crippen molar-refractivity contribution in [3.8, 4) is 0 Å². The van der Waals surface area contributed by atoms with E-state index in [-0.39, 0.29) is 12.2 Å². The highest BCUT2D eigenvalue weighted by atomic mass is 16.7. The summed E-state index contributed by atoms with van der Waals surface area (Å²) >= 11 is 0. The van der Waals surface area contributed by atoms with Crippen molar-refractivity contribution in [2.24, 2.45) is 0 Å². The van der Waals surface area contributed by atoms with Crippen LogP contribution in [0.15, 0.2) is 0 Å². The van der Waals surface area contributed by atoms with Crippen molar-refractivity contribution in [1.82, 2.24) is 0 Å². The van der Waals surface area contributed by atoms with E-state index in [1.54, 1.807) is 0 Å². The first-order valence-electron chi connectivity index (χ1n) is 8.42. The highest BCUT2D eigenvalue weighted by molar-refractivity contribution is 5.79. The number of hydrogen-bond donors (Lipinski definition) is 5. The van der Waals surface area contributed by atoms with Crippen LogP contribution in [0.3, 0.4) is 0 Å². The van der Waals surface area contributed by atoms with Crippen LogP contribution < -0.4 is 0 Å². The van der Waals surface area contributed by atoms with Gasteiger partial charge in [-0.2, -0.15) is 0 Å². The molecule has 1 aliphatic rings. The molecule has 0 aromatic heterocycles. The Balaban J connectivity index is 2.45. The van der Waals surface area contributed by atoms with Crippen molar-refractivity contribution in [2.45, 2.75) is 88.5 Å². The standard InChI is InChI=1S/C16H30O7/c1-2-3-4-5-6-7-8-11(18)9-16(22)15(21)14(20)13(19)12(10-17)23-16/h12-15,17,19-22H,2-10H2,1H3/t12-,13+,14+,15-,16-/m1/s1. The van der Waals surface area contributed by atoms with Crippen molar-refractivity contribution in [3.05, 3.63) is 0 Å². The molecule has 7 heteroatoms. The maximum absolute atomic E-state index is 12.0. The van der Waals surface area contributed by atoms with E-state index >= 15 is 0 Å². The van der Waals surface area contributed by atoms with Crippen LogP contribution in [0.5, 0.6) is 0 Å². The Morgan fingerprint density at radius 1 is 1.04 bits per heavy atom. The van der Waals surface area contributed by atoms with Crippen LogP contribution in [0.2, 0.25) is 0 Å². The minimum atomic E-state index is -2.29. The topological polar surface area (TPSA) is 127 Å². The van der Waals surface area contributed by atoms with Crippen molar-refractivity contribution in [3.63, 3.8) is 0 Å². The zero-order chi connectivity index (χ0) is 17.5. The van der Waals surface area contributed by atoms with Gasteiger partial charge >= 0.3 is 0 Å². The van der Waals surface area contributed by atoms with Crippen molar-refractivity contribution in [2.75, 3.05) is 6.61 Å². The monoisotopic (exact) mass is 334 g/mol. The van der Waals surface area contributed by atoms with Crippen LogP contribution in [-0.2, 0) is 9.53 Å². The van der Waals surface area contributed by atoms with Gasteiger partial charge in [0.1, 0.15) is 30.2 Å². The lowest BCUT2D eigenvalue weighted by Gasteiger charge is -2.45. The Labute approximate surface area is 136 Å². The number of rotatable bonds is 10. The Kier molecular flexibility index (Phi) is 8.60. The minimum absolute atomic E-state index is 0.257. The zero-order valence-corrected chi connectivity index (χ0v) is 13.7. The smallest absolute Gasteiger partial charge is 0.202 e. The molecule has 136 valence electrons. The van der Waals surface area contributed by atoms with Gasteiger partial charge in [-0.3, -0.25) is 4.79 Å². The van der Waals surface area contributed by atoms with Gasteiger partial charge in [0.05, 0.1) is 13.0 Å². The molecule has 0 amide bonds. The van der Waals surface area contributed by atoms with E-state index < -0.39 is 43.2 Å². The predicted octanol–water partition coefficient (Wildman–Crippen LogP) is -0.141. The van der Waals surface area contributed by atoms with Gasteiger partial charge in [0.25, 0.3) is 0 Å². The summed E-state index contributed by atoms with van der Waals surface area (Å²) in [6, 6.07) is 0. The van der Waals surface area contributed by atoms with Crippen molar-refractivity contribution < 1.29 is 35.1 Å². The van der Waals surface area contributed by atoms with Crippen LogP contribution in [0, 0.1) is 0 Å². The summed E-state index contributed by atoms with van der Waals surface area (Å²) in [5, 5.41) is 48.6. The first-order chi connectivity index (χ1) is 10.9. The number of aliphatic hydroxyl groups excluding tert-OH is 4. The van der Waals surface area contributed by atoms with E-state index in [9.17, 15) is 25.2 Å². The number of aliphatic hydroxyl groups is 5. The molecule has 5 atom stereocenters. The fourth-order valence-electron chi connectivity index (χ4n) is 2.84. The fraction of sp³-hybridized carbons (Fsp3) is 0.938. The average Bonchev–Trinajstić information content (AvgIpc) is 2.52. The molecule has 23 heavy (non-hydrogen) atoms. The summed E-state index contributed by atoms with van der Waals surface area (Å²) in [6.07, 6.45) is -0.349.